The number of piperidine rings is 1. The van der Waals surface area contributed by atoms with E-state index in [0.29, 0.717) is 28.1 Å². The van der Waals surface area contributed by atoms with Crippen molar-refractivity contribution in [2.45, 2.75) is 26.2 Å². The van der Waals surface area contributed by atoms with Gasteiger partial charge in [0.1, 0.15) is 5.75 Å². The molecule has 7 heteroatoms. The standard InChI is InChI=1S/C19H23N3O3S/c1-13-7-9-22(10-8-13)17(23)11-15-12-26-19(20-15)21-18(24)14-3-5-16(25-2)6-4-14/h3-6,12-13H,7-11H2,1-2H3,(H,20,21,24). The molecule has 2 heterocycles. The van der Waals surface area contributed by atoms with Gasteiger partial charge >= 0.3 is 0 Å². The number of nitrogens with zero attached hydrogens (tertiary/aromatic N) is 2. The van der Waals surface area contributed by atoms with Crippen molar-refractivity contribution >= 4 is 28.3 Å². The zero-order valence-electron chi connectivity index (χ0n) is 15.0. The Morgan fingerprint density at radius 1 is 1.27 bits per heavy atom. The highest BCUT2D eigenvalue weighted by Crippen LogP contribution is 2.20. The van der Waals surface area contributed by atoms with E-state index >= 15 is 0 Å². The van der Waals surface area contributed by atoms with Crippen LogP contribution in [0.2, 0.25) is 0 Å². The first-order valence-corrected chi connectivity index (χ1v) is 9.60. The first kappa shape index (κ1) is 18.4. The molecule has 0 aliphatic carbocycles. The Morgan fingerprint density at radius 3 is 2.62 bits per heavy atom. The maximum atomic E-state index is 12.4. The summed E-state index contributed by atoms with van der Waals surface area (Å²) in [7, 11) is 1.58. The van der Waals surface area contributed by atoms with Crippen LogP contribution < -0.4 is 10.1 Å². The molecule has 26 heavy (non-hydrogen) atoms. The lowest BCUT2D eigenvalue weighted by Crippen LogP contribution is -2.38. The normalized spacial score (nSPS) is 14.9. The smallest absolute Gasteiger partial charge is 0.257 e. The Balaban J connectivity index is 1.55. The van der Waals surface area contributed by atoms with Gasteiger partial charge in [-0.05, 0) is 43.0 Å². The highest BCUT2D eigenvalue weighted by Gasteiger charge is 2.21. The van der Waals surface area contributed by atoms with Crippen LogP contribution in [0.3, 0.4) is 0 Å². The number of aromatic nitrogens is 1. The van der Waals surface area contributed by atoms with Gasteiger partial charge in [-0.25, -0.2) is 4.98 Å². The third-order valence-electron chi connectivity index (χ3n) is 4.59. The van der Waals surface area contributed by atoms with E-state index in [1.54, 1.807) is 31.4 Å². The fourth-order valence-electron chi connectivity index (χ4n) is 2.88. The van der Waals surface area contributed by atoms with E-state index in [4.69, 9.17) is 4.74 Å². The topological polar surface area (TPSA) is 71.5 Å². The number of methoxy groups -OCH3 is 1. The molecule has 2 aromatic rings. The van der Waals surface area contributed by atoms with E-state index in [1.165, 1.54) is 11.3 Å². The van der Waals surface area contributed by atoms with Crippen LogP contribution in [0.25, 0.3) is 0 Å². The average Bonchev–Trinajstić information content (AvgIpc) is 3.09. The van der Waals surface area contributed by atoms with Gasteiger partial charge in [0.05, 0.1) is 19.2 Å². The van der Waals surface area contributed by atoms with E-state index in [9.17, 15) is 9.59 Å². The molecule has 0 radical (unpaired) electrons. The number of benzene rings is 1. The fraction of sp³-hybridized carbons (Fsp3) is 0.421. The average molecular weight is 373 g/mol. The lowest BCUT2D eigenvalue weighted by atomic mass is 9.99. The number of thiazole rings is 1. The molecule has 2 amide bonds. The van der Waals surface area contributed by atoms with Crippen LogP contribution in [-0.2, 0) is 11.2 Å². The summed E-state index contributed by atoms with van der Waals surface area (Å²) >= 11 is 1.33. The maximum Gasteiger partial charge on any atom is 0.257 e. The number of nitrogens with one attached hydrogen (secondary N) is 1. The van der Waals surface area contributed by atoms with Gasteiger partial charge in [0, 0.05) is 24.0 Å². The summed E-state index contributed by atoms with van der Waals surface area (Å²) in [5.74, 6) is 1.27. The van der Waals surface area contributed by atoms with Crippen LogP contribution in [0.5, 0.6) is 5.75 Å². The Morgan fingerprint density at radius 2 is 1.96 bits per heavy atom. The summed E-state index contributed by atoms with van der Waals surface area (Å²) in [6, 6.07) is 6.87. The molecular weight excluding hydrogens is 350 g/mol. The maximum absolute atomic E-state index is 12.4. The predicted molar refractivity (Wildman–Crippen MR) is 102 cm³/mol. The lowest BCUT2D eigenvalue weighted by Gasteiger charge is -2.30. The Labute approximate surface area is 157 Å². The summed E-state index contributed by atoms with van der Waals surface area (Å²) in [6.45, 7) is 3.87. The minimum atomic E-state index is -0.232. The quantitative estimate of drug-likeness (QED) is 0.874. The third kappa shape index (κ3) is 4.60. The van der Waals surface area contributed by atoms with Crippen molar-refractivity contribution in [1.29, 1.82) is 0 Å². The van der Waals surface area contributed by atoms with Crippen molar-refractivity contribution in [1.82, 2.24) is 9.88 Å². The molecule has 0 atom stereocenters. The number of hydrogen-bond donors (Lipinski definition) is 1. The van der Waals surface area contributed by atoms with Crippen LogP contribution in [0.4, 0.5) is 5.13 Å². The van der Waals surface area contributed by atoms with Crippen LogP contribution in [0, 0.1) is 5.92 Å². The van der Waals surface area contributed by atoms with Gasteiger partial charge in [-0.1, -0.05) is 6.92 Å². The van der Waals surface area contributed by atoms with E-state index in [2.05, 4.69) is 17.2 Å². The molecule has 0 spiro atoms. The molecule has 1 aromatic carbocycles. The van der Waals surface area contributed by atoms with Gasteiger partial charge in [-0.2, -0.15) is 0 Å². The molecule has 0 saturated carbocycles. The van der Waals surface area contributed by atoms with Gasteiger partial charge in [-0.3, -0.25) is 14.9 Å². The highest BCUT2D eigenvalue weighted by molar-refractivity contribution is 7.14. The number of amides is 2. The number of rotatable bonds is 5. The largest absolute Gasteiger partial charge is 0.497 e. The zero-order chi connectivity index (χ0) is 18.5. The summed E-state index contributed by atoms with van der Waals surface area (Å²) < 4.78 is 5.09. The first-order valence-electron chi connectivity index (χ1n) is 8.72. The number of hydrogen-bond acceptors (Lipinski definition) is 5. The van der Waals surface area contributed by atoms with Crippen molar-refractivity contribution in [2.75, 3.05) is 25.5 Å². The summed E-state index contributed by atoms with van der Waals surface area (Å²) in [5.41, 5.74) is 1.23. The molecule has 6 nitrogen and oxygen atoms in total. The van der Waals surface area contributed by atoms with Gasteiger partial charge in [0.25, 0.3) is 5.91 Å². The molecule has 138 valence electrons. The van der Waals surface area contributed by atoms with Gasteiger partial charge in [0.2, 0.25) is 5.91 Å². The molecule has 1 N–H and O–H groups in total. The van der Waals surface area contributed by atoms with Crippen molar-refractivity contribution < 1.29 is 14.3 Å². The molecule has 1 fully saturated rings. The lowest BCUT2D eigenvalue weighted by molar-refractivity contribution is -0.131. The van der Waals surface area contributed by atoms with Gasteiger partial charge in [-0.15, -0.1) is 11.3 Å². The third-order valence-corrected chi connectivity index (χ3v) is 5.40. The van der Waals surface area contributed by atoms with Gasteiger partial charge < -0.3 is 9.64 Å². The number of carbonyl (C=O) groups is 2. The second kappa shape index (κ2) is 8.31. The minimum absolute atomic E-state index is 0.107. The monoisotopic (exact) mass is 373 g/mol. The summed E-state index contributed by atoms with van der Waals surface area (Å²) in [4.78, 5) is 30.9. The Kier molecular flexibility index (Phi) is 5.88. The van der Waals surface area contributed by atoms with Crippen LogP contribution in [0.1, 0.15) is 35.8 Å². The van der Waals surface area contributed by atoms with E-state index in [0.717, 1.165) is 25.9 Å². The van der Waals surface area contributed by atoms with Crippen LogP contribution in [-0.4, -0.2) is 41.9 Å². The summed E-state index contributed by atoms with van der Waals surface area (Å²) in [5, 5.41) is 5.11. The highest BCUT2D eigenvalue weighted by atomic mass is 32.1. The SMILES string of the molecule is COc1ccc(C(=O)Nc2nc(CC(=O)N3CCC(C)CC3)cs2)cc1. The Bertz CT molecular complexity index is 765. The Hall–Kier alpha value is -2.41. The molecule has 0 unspecified atom stereocenters. The predicted octanol–water partition coefficient (Wildman–Crippen LogP) is 3.21. The number of anilines is 1. The molecular formula is C19H23N3O3S. The van der Waals surface area contributed by atoms with Crippen molar-refractivity contribution in [2.24, 2.45) is 5.92 Å². The van der Waals surface area contributed by atoms with Crippen molar-refractivity contribution in [3.05, 3.63) is 40.9 Å². The van der Waals surface area contributed by atoms with E-state index in [-0.39, 0.29) is 18.2 Å². The zero-order valence-corrected chi connectivity index (χ0v) is 15.8. The van der Waals surface area contributed by atoms with Gasteiger partial charge in [0.15, 0.2) is 5.13 Å². The molecule has 3 rings (SSSR count). The van der Waals surface area contributed by atoms with Crippen LogP contribution in [0.15, 0.2) is 29.6 Å². The van der Waals surface area contributed by atoms with E-state index in [1.807, 2.05) is 10.3 Å². The first-order chi connectivity index (χ1) is 12.5. The molecule has 1 aromatic heterocycles. The van der Waals surface area contributed by atoms with Crippen LogP contribution >= 0.6 is 11.3 Å². The van der Waals surface area contributed by atoms with Crippen molar-refractivity contribution in [3.63, 3.8) is 0 Å². The number of ether oxygens (including phenoxy) is 1. The second-order valence-electron chi connectivity index (χ2n) is 6.57. The molecule has 1 aliphatic heterocycles. The molecule has 1 aliphatic rings. The second-order valence-corrected chi connectivity index (χ2v) is 7.42. The fourth-order valence-corrected chi connectivity index (χ4v) is 3.59. The molecule has 1 saturated heterocycles. The molecule has 0 bridgehead atoms. The number of likely N-dealkylation sites (tertiary alicyclic amines) is 1. The van der Waals surface area contributed by atoms with Crippen molar-refractivity contribution in [3.8, 4) is 5.75 Å². The number of carbonyl (C=O) groups excluding carboxylic acids is 2. The minimum Gasteiger partial charge on any atom is -0.497 e. The van der Waals surface area contributed by atoms with E-state index < -0.39 is 0 Å². The summed E-state index contributed by atoms with van der Waals surface area (Å²) in [6.07, 6.45) is 2.40.